The third-order valence-corrected chi connectivity index (χ3v) is 5.16. The molecule has 0 aromatic rings. The van der Waals surface area contributed by atoms with Gasteiger partial charge in [0.25, 0.3) is 0 Å². The van der Waals surface area contributed by atoms with E-state index in [-0.39, 0.29) is 0 Å². The highest BCUT2D eigenvalue weighted by Gasteiger charge is 2.93. The lowest BCUT2D eigenvalue weighted by Gasteiger charge is -2.44. The number of halogens is 18. The van der Waals surface area contributed by atoms with Gasteiger partial charge in [0, 0.05) is 0 Å². The minimum Gasteiger partial charge on any atom is -0.196 e. The summed E-state index contributed by atoms with van der Waals surface area (Å²) in [4.78, 5) is 0. The van der Waals surface area contributed by atoms with Crippen molar-refractivity contribution >= 4 is 58.0 Å². The molecule has 0 unspecified atom stereocenters. The van der Waals surface area contributed by atoms with Crippen molar-refractivity contribution in [3.8, 4) is 0 Å². The van der Waals surface area contributed by atoms with E-state index in [0.29, 0.717) is 0 Å². The minimum atomic E-state index is -8.11. The van der Waals surface area contributed by atoms with E-state index in [1.807, 2.05) is 0 Å². The molecule has 26 heavy (non-hydrogen) atoms. The summed E-state index contributed by atoms with van der Waals surface area (Å²) in [5.41, 5.74) is 0. The van der Waals surface area contributed by atoms with E-state index in [1.165, 1.54) is 0 Å². The zero-order chi connectivity index (χ0) is 22.0. The molecule has 0 aliphatic carbocycles. The standard InChI is InChI=1S/C8Cl5F13/c9-1(10,7(11,12)13)2(14,15)3(16,17)4(18,19)5(20,21)6(22,23)8(24,25)26. The van der Waals surface area contributed by atoms with Crippen LogP contribution in [0.1, 0.15) is 0 Å². The first-order valence-electron chi connectivity index (χ1n) is 5.15. The number of hydrogen-bond donors (Lipinski definition) is 0. The van der Waals surface area contributed by atoms with E-state index in [2.05, 4.69) is 58.0 Å². The van der Waals surface area contributed by atoms with Crippen LogP contribution in [0.25, 0.3) is 0 Å². The van der Waals surface area contributed by atoms with Gasteiger partial charge in [0.2, 0.25) is 8.13 Å². The van der Waals surface area contributed by atoms with Crippen LogP contribution in [0.5, 0.6) is 0 Å². The molecule has 0 bridgehead atoms. The van der Waals surface area contributed by atoms with Gasteiger partial charge in [0.05, 0.1) is 0 Å². The van der Waals surface area contributed by atoms with Crippen LogP contribution in [-0.4, -0.2) is 43.9 Å². The first kappa shape index (κ1) is 26.5. The normalized spacial score (nSPS) is 16.8. The molecule has 0 rings (SSSR count). The Kier molecular flexibility index (Phi) is 6.66. The van der Waals surface area contributed by atoms with Gasteiger partial charge in [0.15, 0.2) is 0 Å². The maximum atomic E-state index is 13.6. The molecular weight excluding hydrogens is 520 g/mol. The molecule has 0 heterocycles. The van der Waals surface area contributed by atoms with Crippen molar-refractivity contribution in [3.63, 3.8) is 0 Å². The Morgan fingerprint density at radius 2 is 0.577 bits per heavy atom. The van der Waals surface area contributed by atoms with Gasteiger partial charge in [-0.15, -0.1) is 0 Å². The van der Waals surface area contributed by atoms with Crippen molar-refractivity contribution in [2.75, 3.05) is 0 Å². The first-order chi connectivity index (χ1) is 10.8. The number of hydrogen-bond acceptors (Lipinski definition) is 0. The highest BCUT2D eigenvalue weighted by atomic mass is 35.6. The fraction of sp³-hybridized carbons (Fsp3) is 1.00. The molecule has 0 nitrogen and oxygen atoms in total. The predicted molar refractivity (Wildman–Crippen MR) is 65.5 cm³/mol. The second kappa shape index (κ2) is 6.53. The zero-order valence-electron chi connectivity index (χ0n) is 10.8. The minimum absolute atomic E-state index is 4.03. The van der Waals surface area contributed by atoms with Crippen LogP contribution in [0.2, 0.25) is 0 Å². The van der Waals surface area contributed by atoms with Crippen molar-refractivity contribution in [1.82, 2.24) is 0 Å². The van der Waals surface area contributed by atoms with Gasteiger partial charge in [0.1, 0.15) is 0 Å². The third kappa shape index (κ3) is 3.37. The van der Waals surface area contributed by atoms with Crippen LogP contribution >= 0.6 is 58.0 Å². The maximum Gasteiger partial charge on any atom is 0.460 e. The number of rotatable bonds is 5. The SMILES string of the molecule is FC(F)(F)C(F)(F)C(F)(F)C(F)(F)C(F)(F)C(F)(F)C(Cl)(Cl)C(Cl)(Cl)Cl. The summed E-state index contributed by atoms with van der Waals surface area (Å²) in [6, 6.07) is 0. The summed E-state index contributed by atoms with van der Waals surface area (Å²) >= 11 is 22.9. The van der Waals surface area contributed by atoms with E-state index < -0.39 is 43.9 Å². The van der Waals surface area contributed by atoms with Gasteiger partial charge in [-0.3, -0.25) is 0 Å². The summed E-state index contributed by atoms with van der Waals surface area (Å²) < 4.78 is 158. The Hall–Kier alpha value is 0.540. The van der Waals surface area contributed by atoms with Crippen LogP contribution in [0, 0.1) is 0 Å². The van der Waals surface area contributed by atoms with Crippen molar-refractivity contribution in [2.45, 2.75) is 43.9 Å². The molecule has 0 aromatic carbocycles. The topological polar surface area (TPSA) is 0 Å². The molecule has 0 amide bonds. The van der Waals surface area contributed by atoms with Crippen LogP contribution < -0.4 is 0 Å². The molecular formula is C8Cl5F13. The van der Waals surface area contributed by atoms with Crippen LogP contribution in [0.15, 0.2) is 0 Å². The van der Waals surface area contributed by atoms with Crippen LogP contribution in [0.3, 0.4) is 0 Å². The van der Waals surface area contributed by atoms with Crippen LogP contribution in [0.4, 0.5) is 57.1 Å². The summed E-state index contributed by atoms with van der Waals surface area (Å²) in [6.07, 6.45) is -7.54. The summed E-state index contributed by atoms with van der Waals surface area (Å²) in [6.45, 7) is 0. The van der Waals surface area contributed by atoms with Gasteiger partial charge < -0.3 is 0 Å². The first-order valence-corrected chi connectivity index (χ1v) is 7.04. The Morgan fingerprint density at radius 3 is 0.808 bits per heavy atom. The molecule has 0 saturated heterocycles. The van der Waals surface area contributed by atoms with Crippen molar-refractivity contribution in [1.29, 1.82) is 0 Å². The van der Waals surface area contributed by atoms with E-state index in [4.69, 9.17) is 0 Å². The predicted octanol–water partition coefficient (Wildman–Crippen LogP) is 7.27. The second-order valence-corrected chi connectivity index (χ2v) is 8.05. The quantitative estimate of drug-likeness (QED) is 0.264. The van der Waals surface area contributed by atoms with E-state index >= 15 is 0 Å². The van der Waals surface area contributed by atoms with Gasteiger partial charge in [-0.25, -0.2) is 0 Å². The highest BCUT2D eigenvalue weighted by molar-refractivity contribution is 6.75. The second-order valence-electron chi connectivity index (χ2n) is 4.44. The molecule has 0 aliphatic rings. The van der Waals surface area contributed by atoms with E-state index in [0.717, 1.165) is 0 Å². The average Bonchev–Trinajstić information content (AvgIpc) is 2.34. The Morgan fingerprint density at radius 1 is 0.346 bits per heavy atom. The van der Waals surface area contributed by atoms with Crippen molar-refractivity contribution in [3.05, 3.63) is 0 Å². The fourth-order valence-corrected chi connectivity index (χ4v) is 1.74. The van der Waals surface area contributed by atoms with Crippen molar-refractivity contribution in [2.24, 2.45) is 0 Å². The highest BCUT2D eigenvalue weighted by Crippen LogP contribution is 2.66. The summed E-state index contributed by atoms with van der Waals surface area (Å²) in [5, 5.41) is 0. The summed E-state index contributed by atoms with van der Waals surface area (Å²) in [7, 11) is 0. The molecule has 0 spiro atoms. The largest absolute Gasteiger partial charge is 0.460 e. The fourth-order valence-electron chi connectivity index (χ4n) is 1.14. The summed E-state index contributed by atoms with van der Waals surface area (Å²) in [5.74, 6) is -38.8. The Bertz CT molecular complexity index is 484. The molecule has 158 valence electrons. The van der Waals surface area contributed by atoms with Gasteiger partial charge in [-0.2, -0.15) is 57.1 Å². The monoisotopic (exact) mass is 518 g/mol. The molecule has 0 saturated carbocycles. The lowest BCUT2D eigenvalue weighted by molar-refractivity contribution is -0.440. The molecule has 0 aliphatic heterocycles. The number of alkyl halides is 18. The molecule has 0 radical (unpaired) electrons. The van der Waals surface area contributed by atoms with E-state index in [9.17, 15) is 57.1 Å². The lowest BCUT2D eigenvalue weighted by Crippen LogP contribution is -2.73. The van der Waals surface area contributed by atoms with Crippen molar-refractivity contribution < 1.29 is 57.1 Å². The Labute approximate surface area is 159 Å². The molecule has 0 N–H and O–H groups in total. The molecule has 0 aromatic heterocycles. The van der Waals surface area contributed by atoms with Crippen LogP contribution in [-0.2, 0) is 0 Å². The van der Waals surface area contributed by atoms with Gasteiger partial charge >= 0.3 is 35.8 Å². The molecule has 18 heteroatoms. The lowest BCUT2D eigenvalue weighted by atomic mass is 9.92. The van der Waals surface area contributed by atoms with Gasteiger partial charge in [-0.05, 0) is 0 Å². The van der Waals surface area contributed by atoms with Gasteiger partial charge in [-0.1, -0.05) is 58.0 Å². The third-order valence-electron chi connectivity index (χ3n) is 2.68. The smallest absolute Gasteiger partial charge is 0.196 e. The molecule has 0 atom stereocenters. The molecule has 0 fully saturated rings. The maximum absolute atomic E-state index is 13.6. The Balaban J connectivity index is 6.61. The average molecular weight is 520 g/mol. The zero-order valence-corrected chi connectivity index (χ0v) is 14.6. The van der Waals surface area contributed by atoms with E-state index in [1.54, 1.807) is 0 Å².